The number of nitrogens with zero attached hydrogens (tertiary/aromatic N) is 5. The standard InChI is InChI=1S/C27H31N5O3/c1-4-14-35-20-10-12-28-23(16-20)26-29-22-7-5-6-21(22)27(30-26)31(2)17-25(33)32-13-11-18-15-19(34-3)8-9-24(18)32/h8-10,12,15-16H,4-7,11,13-14,17H2,1-3H3. The van der Waals surface area contributed by atoms with Gasteiger partial charge in [-0.1, -0.05) is 6.92 Å². The van der Waals surface area contributed by atoms with Gasteiger partial charge in [-0.2, -0.15) is 0 Å². The summed E-state index contributed by atoms with van der Waals surface area (Å²) in [6.45, 7) is 3.64. The third-order valence-electron chi connectivity index (χ3n) is 6.56. The zero-order valence-corrected chi connectivity index (χ0v) is 20.6. The summed E-state index contributed by atoms with van der Waals surface area (Å²) in [7, 11) is 3.59. The molecule has 0 unspecified atom stereocenters. The largest absolute Gasteiger partial charge is 0.497 e. The van der Waals surface area contributed by atoms with Crippen molar-refractivity contribution in [1.29, 1.82) is 0 Å². The van der Waals surface area contributed by atoms with E-state index in [1.54, 1.807) is 13.3 Å². The average Bonchev–Trinajstić information content (AvgIpc) is 3.53. The number of anilines is 2. The molecule has 0 atom stereocenters. The van der Waals surface area contributed by atoms with Crippen molar-refractivity contribution in [3.8, 4) is 23.0 Å². The summed E-state index contributed by atoms with van der Waals surface area (Å²) >= 11 is 0. The number of pyridine rings is 1. The average molecular weight is 474 g/mol. The molecule has 0 N–H and O–H groups in total. The van der Waals surface area contributed by atoms with Gasteiger partial charge in [0.25, 0.3) is 0 Å². The maximum absolute atomic E-state index is 13.3. The molecule has 2 aliphatic rings. The molecule has 1 aromatic carbocycles. The van der Waals surface area contributed by atoms with Crippen molar-refractivity contribution in [3.05, 3.63) is 53.3 Å². The number of fused-ring (bicyclic) bond motifs is 2. The number of aromatic nitrogens is 3. The summed E-state index contributed by atoms with van der Waals surface area (Å²) in [6, 6.07) is 9.63. The maximum atomic E-state index is 13.3. The number of hydrogen-bond donors (Lipinski definition) is 0. The second-order valence-electron chi connectivity index (χ2n) is 9.02. The summed E-state index contributed by atoms with van der Waals surface area (Å²) < 4.78 is 11.1. The molecule has 2 aromatic heterocycles. The zero-order chi connectivity index (χ0) is 24.4. The second-order valence-corrected chi connectivity index (χ2v) is 9.02. The lowest BCUT2D eigenvalue weighted by Crippen LogP contribution is -2.38. The molecule has 8 heteroatoms. The Kier molecular flexibility index (Phi) is 6.53. The first-order valence-corrected chi connectivity index (χ1v) is 12.2. The van der Waals surface area contributed by atoms with E-state index in [9.17, 15) is 4.79 Å². The third-order valence-corrected chi connectivity index (χ3v) is 6.56. The van der Waals surface area contributed by atoms with Gasteiger partial charge in [-0.15, -0.1) is 0 Å². The number of benzene rings is 1. The van der Waals surface area contributed by atoms with Crippen LogP contribution < -0.4 is 19.3 Å². The molecule has 182 valence electrons. The Morgan fingerprint density at radius 3 is 2.83 bits per heavy atom. The lowest BCUT2D eigenvalue weighted by molar-refractivity contribution is -0.117. The minimum atomic E-state index is 0.0522. The van der Waals surface area contributed by atoms with Crippen LogP contribution in [0.1, 0.15) is 36.6 Å². The molecule has 0 bridgehead atoms. The topological polar surface area (TPSA) is 80.7 Å². The fraction of sp³-hybridized carbons (Fsp3) is 0.407. The van der Waals surface area contributed by atoms with Crippen LogP contribution in [-0.4, -0.2) is 54.7 Å². The number of hydrogen-bond acceptors (Lipinski definition) is 7. The smallest absolute Gasteiger partial charge is 0.246 e. The van der Waals surface area contributed by atoms with Gasteiger partial charge >= 0.3 is 0 Å². The molecule has 0 saturated heterocycles. The van der Waals surface area contributed by atoms with Crippen LogP contribution in [0.25, 0.3) is 11.5 Å². The molecular weight excluding hydrogens is 442 g/mol. The highest BCUT2D eigenvalue weighted by Gasteiger charge is 2.28. The zero-order valence-electron chi connectivity index (χ0n) is 20.6. The monoisotopic (exact) mass is 473 g/mol. The Morgan fingerprint density at radius 1 is 1.11 bits per heavy atom. The Morgan fingerprint density at radius 2 is 2.00 bits per heavy atom. The van der Waals surface area contributed by atoms with Crippen LogP contribution in [0.4, 0.5) is 11.5 Å². The Balaban J connectivity index is 1.39. The quantitative estimate of drug-likeness (QED) is 0.492. The van der Waals surface area contributed by atoms with Gasteiger partial charge in [-0.3, -0.25) is 9.78 Å². The molecule has 0 radical (unpaired) electrons. The summed E-state index contributed by atoms with van der Waals surface area (Å²) in [5.74, 6) is 3.01. The number of methoxy groups -OCH3 is 1. The number of aryl methyl sites for hydroxylation is 1. The van der Waals surface area contributed by atoms with Crippen LogP contribution in [0.15, 0.2) is 36.5 Å². The highest BCUT2D eigenvalue weighted by atomic mass is 16.5. The van der Waals surface area contributed by atoms with Gasteiger partial charge in [0, 0.05) is 42.8 Å². The molecule has 1 aliphatic carbocycles. The predicted octanol–water partition coefficient (Wildman–Crippen LogP) is 3.85. The first-order valence-electron chi connectivity index (χ1n) is 12.2. The number of carbonyl (C=O) groups is 1. The van der Waals surface area contributed by atoms with Crippen LogP contribution in [0, 0.1) is 0 Å². The normalized spacial score (nSPS) is 14.0. The summed E-state index contributed by atoms with van der Waals surface area (Å²) in [6.07, 6.45) is 6.36. The predicted molar refractivity (Wildman–Crippen MR) is 135 cm³/mol. The molecule has 35 heavy (non-hydrogen) atoms. The molecule has 3 aromatic rings. The van der Waals surface area contributed by atoms with Crippen LogP contribution >= 0.6 is 0 Å². The number of rotatable bonds is 8. The van der Waals surface area contributed by atoms with Crippen molar-refractivity contribution in [3.63, 3.8) is 0 Å². The Bertz CT molecular complexity index is 1250. The van der Waals surface area contributed by atoms with Gasteiger partial charge in [-0.05, 0) is 61.9 Å². The lowest BCUT2D eigenvalue weighted by atomic mass is 10.1. The van der Waals surface area contributed by atoms with E-state index < -0.39 is 0 Å². The van der Waals surface area contributed by atoms with Gasteiger partial charge in [0.2, 0.25) is 5.91 Å². The molecule has 8 nitrogen and oxygen atoms in total. The van der Waals surface area contributed by atoms with E-state index in [-0.39, 0.29) is 12.5 Å². The summed E-state index contributed by atoms with van der Waals surface area (Å²) in [4.78, 5) is 31.4. The van der Waals surface area contributed by atoms with Gasteiger partial charge < -0.3 is 19.3 Å². The first-order chi connectivity index (χ1) is 17.1. The van der Waals surface area contributed by atoms with Gasteiger partial charge in [0.15, 0.2) is 5.82 Å². The molecule has 1 aliphatic heterocycles. The Labute approximate surface area is 205 Å². The Hall–Kier alpha value is -3.68. The van der Waals surface area contributed by atoms with E-state index >= 15 is 0 Å². The minimum absolute atomic E-state index is 0.0522. The molecule has 0 fully saturated rings. The van der Waals surface area contributed by atoms with E-state index in [1.165, 1.54) is 0 Å². The summed E-state index contributed by atoms with van der Waals surface area (Å²) in [5.41, 5.74) is 4.96. The van der Waals surface area contributed by atoms with Crippen molar-refractivity contribution in [2.24, 2.45) is 0 Å². The first kappa shape index (κ1) is 23.1. The SMILES string of the molecule is CCCOc1ccnc(-c2nc3c(c(N(C)CC(=O)N4CCc5cc(OC)ccc54)n2)CCC3)c1. The number of amides is 1. The van der Waals surface area contributed by atoms with Gasteiger partial charge in [0.1, 0.15) is 23.0 Å². The van der Waals surface area contributed by atoms with Crippen LogP contribution in [0.5, 0.6) is 11.5 Å². The summed E-state index contributed by atoms with van der Waals surface area (Å²) in [5, 5.41) is 0. The second kappa shape index (κ2) is 9.90. The molecular formula is C27H31N5O3. The number of likely N-dealkylation sites (N-methyl/N-ethyl adjacent to an activating group) is 1. The van der Waals surface area contributed by atoms with Crippen molar-refractivity contribution in [2.75, 3.05) is 43.7 Å². The highest BCUT2D eigenvalue weighted by Crippen LogP contribution is 2.33. The van der Waals surface area contributed by atoms with E-state index in [0.29, 0.717) is 24.7 Å². The van der Waals surface area contributed by atoms with Crippen molar-refractivity contribution in [1.82, 2.24) is 15.0 Å². The van der Waals surface area contributed by atoms with Crippen LogP contribution in [0.3, 0.4) is 0 Å². The van der Waals surface area contributed by atoms with E-state index in [0.717, 1.165) is 71.9 Å². The fourth-order valence-corrected chi connectivity index (χ4v) is 4.81. The van der Waals surface area contributed by atoms with Crippen molar-refractivity contribution < 1.29 is 14.3 Å². The van der Waals surface area contributed by atoms with E-state index in [1.807, 2.05) is 47.2 Å². The molecule has 0 saturated carbocycles. The van der Waals surface area contributed by atoms with E-state index in [4.69, 9.17) is 19.4 Å². The number of carbonyl (C=O) groups excluding carboxylic acids is 1. The van der Waals surface area contributed by atoms with E-state index in [2.05, 4.69) is 11.9 Å². The molecule has 0 spiro atoms. The lowest BCUT2D eigenvalue weighted by Gasteiger charge is -2.25. The van der Waals surface area contributed by atoms with Gasteiger partial charge in [0.05, 0.1) is 20.3 Å². The molecule has 5 rings (SSSR count). The third kappa shape index (κ3) is 4.65. The number of ether oxygens (including phenoxy) is 2. The minimum Gasteiger partial charge on any atom is -0.497 e. The molecule has 1 amide bonds. The van der Waals surface area contributed by atoms with Crippen molar-refractivity contribution in [2.45, 2.75) is 39.0 Å². The maximum Gasteiger partial charge on any atom is 0.246 e. The van der Waals surface area contributed by atoms with Crippen LogP contribution in [0.2, 0.25) is 0 Å². The van der Waals surface area contributed by atoms with Crippen LogP contribution in [-0.2, 0) is 24.1 Å². The molecule has 3 heterocycles. The van der Waals surface area contributed by atoms with Gasteiger partial charge in [-0.25, -0.2) is 9.97 Å². The highest BCUT2D eigenvalue weighted by molar-refractivity contribution is 5.98. The van der Waals surface area contributed by atoms with Crippen molar-refractivity contribution >= 4 is 17.4 Å². The fourth-order valence-electron chi connectivity index (χ4n) is 4.81.